The summed E-state index contributed by atoms with van der Waals surface area (Å²) in [5.74, 6) is 0.388. The van der Waals surface area contributed by atoms with Gasteiger partial charge in [-0.15, -0.1) is 0 Å². The van der Waals surface area contributed by atoms with Crippen molar-refractivity contribution in [3.8, 4) is 5.75 Å². The van der Waals surface area contributed by atoms with Crippen LogP contribution in [-0.2, 0) is 10.2 Å². The Hall–Kier alpha value is -3.71. The van der Waals surface area contributed by atoms with Crippen molar-refractivity contribution < 1.29 is 18.9 Å². The number of amides is 1. The van der Waals surface area contributed by atoms with Crippen LogP contribution in [0.4, 0.5) is 5.69 Å². The van der Waals surface area contributed by atoms with Gasteiger partial charge in [0.1, 0.15) is 11.2 Å². The maximum absolute atomic E-state index is 13.3. The van der Waals surface area contributed by atoms with E-state index >= 15 is 0 Å². The number of carbonyl (C=O) groups is 1. The van der Waals surface area contributed by atoms with Gasteiger partial charge in [0, 0.05) is 30.9 Å². The van der Waals surface area contributed by atoms with Gasteiger partial charge in [-0.05, 0) is 23.3 Å². The van der Waals surface area contributed by atoms with Gasteiger partial charge < -0.3 is 15.0 Å². The van der Waals surface area contributed by atoms with E-state index in [2.05, 4.69) is 7.05 Å². The molecule has 2 N–H and O–H groups in total. The molecule has 2 unspecified atom stereocenters. The van der Waals surface area contributed by atoms with Crippen LogP contribution in [0.25, 0.3) is 0 Å². The monoisotopic (exact) mass is 474 g/mol. The number of hydrogen-bond acceptors (Lipinski definition) is 4. The van der Waals surface area contributed by atoms with Gasteiger partial charge in [-0.25, -0.2) is 0 Å². The van der Waals surface area contributed by atoms with Gasteiger partial charge >= 0.3 is 0 Å². The van der Waals surface area contributed by atoms with Crippen molar-refractivity contribution >= 4 is 11.6 Å². The molecule has 0 radical (unpaired) electrons. The lowest BCUT2D eigenvalue weighted by molar-refractivity contribution is -0.899. The number of nitro benzene ring substituents is 1. The molecule has 1 aliphatic rings. The number of nitrogens with two attached hydrogens (primary N) is 1. The summed E-state index contributed by atoms with van der Waals surface area (Å²) >= 11 is 0. The van der Waals surface area contributed by atoms with Crippen LogP contribution in [0.2, 0.25) is 0 Å². The number of likely N-dealkylation sites (tertiary alicyclic amines) is 1. The van der Waals surface area contributed by atoms with Gasteiger partial charge in [0.05, 0.1) is 38.2 Å². The number of quaternary nitrogens is 1. The van der Waals surface area contributed by atoms with E-state index in [9.17, 15) is 14.9 Å². The van der Waals surface area contributed by atoms with Crippen LogP contribution in [0.3, 0.4) is 0 Å². The van der Waals surface area contributed by atoms with E-state index in [0.717, 1.165) is 48.1 Å². The van der Waals surface area contributed by atoms with Gasteiger partial charge in [0.25, 0.3) is 5.69 Å². The molecule has 7 nitrogen and oxygen atoms in total. The first-order valence-corrected chi connectivity index (χ1v) is 12.0. The molecule has 0 saturated carbocycles. The molecule has 4 rings (SSSR count). The average Bonchev–Trinajstić information content (AvgIpc) is 3.26. The van der Waals surface area contributed by atoms with Crippen molar-refractivity contribution in [2.75, 3.05) is 33.3 Å². The molecular formula is C28H32N3O4+. The van der Waals surface area contributed by atoms with Crippen LogP contribution in [0.15, 0.2) is 84.9 Å². The molecule has 7 heteroatoms. The first kappa shape index (κ1) is 24.4. The minimum absolute atomic E-state index is 0.0493. The zero-order valence-corrected chi connectivity index (χ0v) is 20.0. The Balaban J connectivity index is 1.47. The quantitative estimate of drug-likeness (QED) is 0.205. The Labute approximate surface area is 205 Å². The predicted octanol–water partition coefficient (Wildman–Crippen LogP) is 4.30. The second kappa shape index (κ2) is 10.3. The normalized spacial score (nSPS) is 19.9. The summed E-state index contributed by atoms with van der Waals surface area (Å²) in [6.07, 6.45) is 1.73. The predicted molar refractivity (Wildman–Crippen MR) is 135 cm³/mol. The number of rotatable bonds is 10. The number of hydrogen-bond donors (Lipinski definition) is 1. The van der Waals surface area contributed by atoms with Crippen molar-refractivity contribution in [1.82, 2.24) is 0 Å². The molecule has 182 valence electrons. The lowest BCUT2D eigenvalue weighted by Crippen LogP contribution is -2.51. The van der Waals surface area contributed by atoms with Gasteiger partial charge in [0.2, 0.25) is 5.91 Å². The van der Waals surface area contributed by atoms with E-state index in [4.69, 9.17) is 10.5 Å². The van der Waals surface area contributed by atoms with E-state index in [-0.39, 0.29) is 17.5 Å². The molecule has 1 aliphatic heterocycles. The highest BCUT2D eigenvalue weighted by Gasteiger charge is 2.53. The smallest absolute Gasteiger partial charge is 0.269 e. The first-order chi connectivity index (χ1) is 16.8. The molecule has 0 aromatic heterocycles. The maximum Gasteiger partial charge on any atom is 0.269 e. The fourth-order valence-electron chi connectivity index (χ4n) is 5.56. The SMILES string of the molecule is C[N+]1(CCCOc2ccc([N+](=O)[O-])cc2)CCC(C(C(N)=O)(c2ccccc2)c2ccccc2)C1. The fourth-order valence-corrected chi connectivity index (χ4v) is 5.56. The van der Waals surface area contributed by atoms with Crippen LogP contribution in [0.1, 0.15) is 24.0 Å². The zero-order valence-electron chi connectivity index (χ0n) is 20.0. The minimum Gasteiger partial charge on any atom is -0.493 e. The molecule has 35 heavy (non-hydrogen) atoms. The molecule has 1 amide bonds. The summed E-state index contributed by atoms with van der Waals surface area (Å²) in [5.41, 5.74) is 7.27. The number of carbonyl (C=O) groups excluding carboxylic acids is 1. The second-order valence-electron chi connectivity index (χ2n) is 9.59. The highest BCUT2D eigenvalue weighted by Crippen LogP contribution is 2.45. The largest absolute Gasteiger partial charge is 0.493 e. The topological polar surface area (TPSA) is 95.5 Å². The summed E-state index contributed by atoms with van der Waals surface area (Å²) in [4.78, 5) is 23.6. The van der Waals surface area contributed by atoms with Crippen molar-refractivity contribution in [2.24, 2.45) is 11.7 Å². The zero-order chi connectivity index (χ0) is 24.9. The summed E-state index contributed by atoms with van der Waals surface area (Å²) < 4.78 is 6.65. The molecule has 3 aromatic rings. The Morgan fingerprint density at radius 1 is 1.03 bits per heavy atom. The van der Waals surface area contributed by atoms with Gasteiger partial charge in [0.15, 0.2) is 0 Å². The molecule has 1 fully saturated rings. The fraction of sp³-hybridized carbons (Fsp3) is 0.321. The van der Waals surface area contributed by atoms with Crippen LogP contribution >= 0.6 is 0 Å². The first-order valence-electron chi connectivity index (χ1n) is 12.0. The number of primary amides is 1. The highest BCUT2D eigenvalue weighted by molar-refractivity contribution is 5.91. The Bertz CT molecular complexity index is 1110. The Kier molecular flexibility index (Phi) is 7.17. The van der Waals surface area contributed by atoms with Crippen LogP contribution in [-0.4, -0.2) is 48.6 Å². The third-order valence-corrected chi connectivity index (χ3v) is 7.30. The number of benzene rings is 3. The third kappa shape index (κ3) is 5.05. The van der Waals surface area contributed by atoms with E-state index in [0.29, 0.717) is 12.4 Å². The number of non-ortho nitro benzene ring substituents is 1. The van der Waals surface area contributed by atoms with Gasteiger partial charge in [-0.2, -0.15) is 0 Å². The average molecular weight is 475 g/mol. The minimum atomic E-state index is -0.881. The van der Waals surface area contributed by atoms with Crippen molar-refractivity contribution in [1.29, 1.82) is 0 Å². The summed E-state index contributed by atoms with van der Waals surface area (Å²) in [7, 11) is 2.23. The molecule has 0 aliphatic carbocycles. The van der Waals surface area contributed by atoms with E-state index in [1.54, 1.807) is 12.1 Å². The molecule has 2 atom stereocenters. The van der Waals surface area contributed by atoms with Gasteiger partial charge in [-0.1, -0.05) is 60.7 Å². The van der Waals surface area contributed by atoms with Crippen LogP contribution < -0.4 is 10.5 Å². The van der Waals surface area contributed by atoms with E-state index in [1.165, 1.54) is 12.1 Å². The van der Waals surface area contributed by atoms with Gasteiger partial charge in [-0.3, -0.25) is 14.9 Å². The number of ether oxygens (including phenoxy) is 1. The van der Waals surface area contributed by atoms with Crippen molar-refractivity contribution in [2.45, 2.75) is 18.3 Å². The number of nitro groups is 1. The lowest BCUT2D eigenvalue weighted by atomic mass is 9.64. The third-order valence-electron chi connectivity index (χ3n) is 7.30. The molecule has 1 heterocycles. The lowest BCUT2D eigenvalue weighted by Gasteiger charge is -2.38. The summed E-state index contributed by atoms with van der Waals surface area (Å²) in [6.45, 7) is 3.22. The van der Waals surface area contributed by atoms with Crippen LogP contribution in [0, 0.1) is 16.0 Å². The summed E-state index contributed by atoms with van der Waals surface area (Å²) in [5, 5.41) is 10.8. The van der Waals surface area contributed by atoms with Crippen molar-refractivity contribution in [3.05, 3.63) is 106 Å². The number of nitrogens with zero attached hydrogens (tertiary/aromatic N) is 2. The second-order valence-corrected chi connectivity index (χ2v) is 9.59. The Morgan fingerprint density at radius 2 is 1.60 bits per heavy atom. The summed E-state index contributed by atoms with van der Waals surface area (Å²) in [6, 6.07) is 26.0. The standard InChI is InChI=1S/C28H31N3O4/c1-31(18-8-20-35-26-15-13-25(14-16-26)30(33)34)19-17-24(21-31)28(27(29)32,22-9-4-2-5-10-22)23-11-6-3-7-12-23/h2-7,9-16,24H,8,17-21H2,1H3,(H-,29,32)/p+1. The molecule has 0 bridgehead atoms. The molecule has 1 saturated heterocycles. The Morgan fingerprint density at radius 3 is 2.11 bits per heavy atom. The molecule has 0 spiro atoms. The maximum atomic E-state index is 13.3. The van der Waals surface area contributed by atoms with Crippen LogP contribution in [0.5, 0.6) is 5.75 Å². The van der Waals surface area contributed by atoms with E-state index < -0.39 is 10.3 Å². The van der Waals surface area contributed by atoms with Crippen molar-refractivity contribution in [3.63, 3.8) is 0 Å². The molecule has 3 aromatic carbocycles. The highest BCUT2D eigenvalue weighted by atomic mass is 16.6. The molecular weight excluding hydrogens is 442 g/mol. The van der Waals surface area contributed by atoms with E-state index in [1.807, 2.05) is 60.7 Å².